The van der Waals surface area contributed by atoms with Crippen LogP contribution in [0.1, 0.15) is 19.4 Å². The molecule has 222 valence electrons. The molecule has 1 aliphatic heterocycles. The number of hydrogen-bond acceptors (Lipinski definition) is 4. The van der Waals surface area contributed by atoms with E-state index in [4.69, 9.17) is 0 Å². The van der Waals surface area contributed by atoms with Crippen LogP contribution >= 0.6 is 0 Å². The summed E-state index contributed by atoms with van der Waals surface area (Å²) in [7, 11) is 0. The fourth-order valence-corrected chi connectivity index (χ4v) is 3.34. The lowest BCUT2D eigenvalue weighted by Gasteiger charge is -2.41. The summed E-state index contributed by atoms with van der Waals surface area (Å²) in [5.41, 5.74) is -0.195. The van der Waals surface area contributed by atoms with Gasteiger partial charge in [0.25, 0.3) is 5.91 Å². The molecule has 2 atom stereocenters. The molecule has 5 nitrogen and oxygen atoms in total. The van der Waals surface area contributed by atoms with Crippen LogP contribution in [0, 0.1) is 5.92 Å². The molecule has 1 saturated heterocycles. The minimum atomic E-state index is -8.16. The first-order chi connectivity index (χ1) is 17.5. The molecular weight excluding hydrogens is 577 g/mol. The Kier molecular flexibility index (Phi) is 8.57. The van der Waals surface area contributed by atoms with Gasteiger partial charge < -0.3 is 9.47 Å². The van der Waals surface area contributed by atoms with Crippen molar-refractivity contribution in [3.63, 3.8) is 0 Å². The zero-order valence-corrected chi connectivity index (χ0v) is 19.5. The fourth-order valence-electron chi connectivity index (χ4n) is 3.34. The number of benzene rings is 1. The van der Waals surface area contributed by atoms with Gasteiger partial charge in [-0.1, -0.05) is 44.2 Å². The number of nitrogens with zero attached hydrogens (tertiary/aromatic N) is 1. The van der Waals surface area contributed by atoms with Gasteiger partial charge in [0.1, 0.15) is 6.61 Å². The Morgan fingerprint density at radius 2 is 1.36 bits per heavy atom. The van der Waals surface area contributed by atoms with Crippen molar-refractivity contribution in [1.82, 2.24) is 4.90 Å². The Hall–Kier alpha value is -2.79. The Morgan fingerprint density at radius 1 is 0.872 bits per heavy atom. The first-order valence-corrected chi connectivity index (χ1v) is 10.6. The SMILES string of the molecule is CC(C)[C@H]1COC(=O)N1C(=O)[C@H](OCc1ccccc1)C(F)(F)C(F)(F)C(F)(F)C(F)(F)C(F)(F)C(F)(F)F. The zero-order chi connectivity index (χ0) is 30.4. The minimum absolute atomic E-state index is 0.195. The maximum atomic E-state index is 15.0. The van der Waals surface area contributed by atoms with Gasteiger partial charge in [0, 0.05) is 0 Å². The number of hydrogen-bond donors (Lipinski definition) is 0. The molecule has 1 aromatic carbocycles. The normalized spacial score (nSPS) is 18.9. The van der Waals surface area contributed by atoms with Crippen molar-refractivity contribution >= 4 is 12.0 Å². The van der Waals surface area contributed by atoms with E-state index < -0.39 is 79.1 Å². The second-order valence-corrected chi connectivity index (χ2v) is 8.69. The topological polar surface area (TPSA) is 55.8 Å². The Bertz CT molecular complexity index is 1040. The van der Waals surface area contributed by atoms with Crippen molar-refractivity contribution in [3.8, 4) is 0 Å². The van der Waals surface area contributed by atoms with Crippen LogP contribution in [0.4, 0.5) is 61.9 Å². The zero-order valence-electron chi connectivity index (χ0n) is 19.5. The van der Waals surface area contributed by atoms with E-state index in [1.165, 1.54) is 32.0 Å². The number of cyclic esters (lactones) is 1. The van der Waals surface area contributed by atoms with Crippen molar-refractivity contribution in [2.75, 3.05) is 6.61 Å². The molecule has 0 aromatic heterocycles. The van der Waals surface area contributed by atoms with E-state index in [1.54, 1.807) is 0 Å². The van der Waals surface area contributed by atoms with Crippen LogP contribution < -0.4 is 0 Å². The number of halogens is 13. The summed E-state index contributed by atoms with van der Waals surface area (Å²) in [5, 5.41) is 0. The maximum absolute atomic E-state index is 15.0. The molecule has 18 heteroatoms. The van der Waals surface area contributed by atoms with E-state index in [9.17, 15) is 57.9 Å². The van der Waals surface area contributed by atoms with Gasteiger partial charge in [-0.2, -0.15) is 57.1 Å². The smallest absolute Gasteiger partial charge is 0.447 e. The van der Waals surface area contributed by atoms with Crippen LogP contribution in [-0.2, 0) is 20.9 Å². The van der Waals surface area contributed by atoms with Gasteiger partial charge in [-0.3, -0.25) is 4.79 Å². The summed E-state index contributed by atoms with van der Waals surface area (Å²) in [4.78, 5) is 24.6. The molecule has 1 aliphatic rings. The quantitative estimate of drug-likeness (QED) is 0.298. The van der Waals surface area contributed by atoms with Crippen molar-refractivity contribution in [3.05, 3.63) is 35.9 Å². The van der Waals surface area contributed by atoms with Crippen LogP contribution in [0.2, 0.25) is 0 Å². The van der Waals surface area contributed by atoms with Crippen LogP contribution in [0.5, 0.6) is 0 Å². The highest BCUT2D eigenvalue weighted by atomic mass is 19.4. The Balaban J connectivity index is 2.65. The summed E-state index contributed by atoms with van der Waals surface area (Å²) in [6.45, 7) is 0.543. The highest BCUT2D eigenvalue weighted by molar-refractivity contribution is 5.96. The first kappa shape index (κ1) is 32.4. The Morgan fingerprint density at radius 3 is 1.82 bits per heavy atom. The number of alkyl halides is 13. The van der Waals surface area contributed by atoms with E-state index in [0.29, 0.717) is 0 Å². The van der Waals surface area contributed by atoms with E-state index in [-0.39, 0.29) is 10.5 Å². The van der Waals surface area contributed by atoms with Crippen molar-refractivity contribution < 1.29 is 76.1 Å². The van der Waals surface area contributed by atoms with E-state index >= 15 is 8.78 Å². The molecule has 0 spiro atoms. The van der Waals surface area contributed by atoms with Crippen molar-refractivity contribution in [2.24, 2.45) is 5.92 Å². The summed E-state index contributed by atoms with van der Waals surface area (Å²) in [5.74, 6) is -42.3. The number of carbonyl (C=O) groups excluding carboxylic acids is 2. The standard InChI is InChI=1S/C21H18F13NO4/c1-10(2)12-9-39-15(37)35(12)14(36)13(38-8-11-6-4-3-5-7-11)16(22,23)17(24,25)18(26,27)19(28,29)20(30,31)21(32,33)34/h3-7,10,12-13H,8-9H2,1-2H3/t12-,13+/m1/s1. The molecule has 1 aromatic rings. The summed E-state index contributed by atoms with van der Waals surface area (Å²) in [6, 6.07) is 4.46. The van der Waals surface area contributed by atoms with Crippen molar-refractivity contribution in [1.29, 1.82) is 0 Å². The molecular formula is C21H18F13NO4. The van der Waals surface area contributed by atoms with Gasteiger partial charge in [0.15, 0.2) is 0 Å². The number of ether oxygens (including phenoxy) is 2. The number of imide groups is 1. The maximum Gasteiger partial charge on any atom is 0.460 e. The molecule has 2 rings (SSSR count). The minimum Gasteiger partial charge on any atom is -0.447 e. The Labute approximate surface area is 210 Å². The third-order valence-corrected chi connectivity index (χ3v) is 5.68. The van der Waals surface area contributed by atoms with E-state index in [2.05, 4.69) is 9.47 Å². The second-order valence-electron chi connectivity index (χ2n) is 8.69. The molecule has 0 aliphatic carbocycles. The van der Waals surface area contributed by atoms with Crippen LogP contribution in [-0.4, -0.2) is 71.4 Å². The average molecular weight is 595 g/mol. The van der Waals surface area contributed by atoms with Gasteiger partial charge in [0.2, 0.25) is 6.10 Å². The van der Waals surface area contributed by atoms with E-state index in [1.807, 2.05) is 0 Å². The van der Waals surface area contributed by atoms with Gasteiger partial charge in [-0.05, 0) is 11.5 Å². The predicted molar refractivity (Wildman–Crippen MR) is 103 cm³/mol. The summed E-state index contributed by atoms with van der Waals surface area (Å²) < 4.78 is 187. The second kappa shape index (κ2) is 10.3. The van der Waals surface area contributed by atoms with Gasteiger partial charge in [-0.25, -0.2) is 9.69 Å². The third-order valence-electron chi connectivity index (χ3n) is 5.68. The van der Waals surface area contributed by atoms with Gasteiger partial charge >= 0.3 is 41.9 Å². The van der Waals surface area contributed by atoms with Crippen LogP contribution in [0.3, 0.4) is 0 Å². The number of rotatable bonds is 10. The molecule has 0 N–H and O–H groups in total. The van der Waals surface area contributed by atoms with Gasteiger partial charge in [0.05, 0.1) is 12.6 Å². The lowest BCUT2D eigenvalue weighted by Crippen LogP contribution is -2.73. The average Bonchev–Trinajstić information content (AvgIpc) is 3.20. The lowest BCUT2D eigenvalue weighted by molar-refractivity contribution is -0.444. The lowest BCUT2D eigenvalue weighted by atomic mass is 9.90. The van der Waals surface area contributed by atoms with Crippen molar-refractivity contribution in [2.45, 2.75) is 68.4 Å². The van der Waals surface area contributed by atoms with Crippen LogP contribution in [0.25, 0.3) is 0 Å². The highest BCUT2D eigenvalue weighted by Gasteiger charge is 2.91. The van der Waals surface area contributed by atoms with Gasteiger partial charge in [-0.15, -0.1) is 0 Å². The third kappa shape index (κ3) is 5.23. The first-order valence-electron chi connectivity index (χ1n) is 10.6. The molecule has 39 heavy (non-hydrogen) atoms. The van der Waals surface area contributed by atoms with Crippen LogP contribution in [0.15, 0.2) is 30.3 Å². The molecule has 1 heterocycles. The summed E-state index contributed by atoms with van der Waals surface area (Å²) >= 11 is 0. The molecule has 0 radical (unpaired) electrons. The molecule has 0 unspecified atom stereocenters. The largest absolute Gasteiger partial charge is 0.460 e. The molecule has 2 amide bonds. The molecule has 1 fully saturated rings. The van der Waals surface area contributed by atoms with E-state index in [0.717, 1.165) is 12.1 Å². The summed E-state index contributed by atoms with van der Waals surface area (Å²) in [6.07, 6.45) is -13.6. The fraction of sp³-hybridized carbons (Fsp3) is 0.619. The number of carbonyl (C=O) groups is 2. The monoisotopic (exact) mass is 595 g/mol. The molecule has 0 saturated carbocycles. The molecule has 0 bridgehead atoms. The number of amides is 2. The highest BCUT2D eigenvalue weighted by Crippen LogP contribution is 2.61. The predicted octanol–water partition coefficient (Wildman–Crippen LogP) is 6.31.